The highest BCUT2D eigenvalue weighted by molar-refractivity contribution is 6.29. The van der Waals surface area contributed by atoms with E-state index in [-0.39, 0.29) is 28.0 Å². The first-order chi connectivity index (χ1) is 12.3. The molecule has 0 aliphatic heterocycles. The molecule has 0 saturated heterocycles. The van der Waals surface area contributed by atoms with Crippen LogP contribution in [0.5, 0.6) is 0 Å². The summed E-state index contributed by atoms with van der Waals surface area (Å²) < 4.78 is 27.3. The van der Waals surface area contributed by atoms with Gasteiger partial charge in [0.15, 0.2) is 11.6 Å². The minimum Gasteiger partial charge on any atom is -0.348 e. The number of H-pyrrole nitrogens is 1. The fourth-order valence-electron chi connectivity index (χ4n) is 2.48. The number of amides is 1. The van der Waals surface area contributed by atoms with Crippen molar-refractivity contribution in [1.29, 1.82) is 0 Å². The van der Waals surface area contributed by atoms with Crippen LogP contribution in [-0.2, 0) is 11.2 Å². The number of halogens is 3. The number of nitrogens with one attached hydrogen (secondary N) is 2. The molecule has 1 amide bonds. The van der Waals surface area contributed by atoms with Crippen molar-refractivity contribution in [1.82, 2.24) is 20.3 Å². The Kier molecular flexibility index (Phi) is 4.94. The maximum Gasteiger partial charge on any atom is 0.252 e. The first kappa shape index (κ1) is 17.9. The lowest BCUT2D eigenvalue weighted by atomic mass is 10.1. The molecule has 6 nitrogen and oxygen atoms in total. The lowest BCUT2D eigenvalue weighted by Gasteiger charge is -2.13. The normalized spacial score (nSPS) is 12.2. The molecule has 0 fully saturated rings. The fourth-order valence-corrected chi connectivity index (χ4v) is 2.57. The van der Waals surface area contributed by atoms with Crippen LogP contribution in [0.1, 0.15) is 24.2 Å². The van der Waals surface area contributed by atoms with E-state index in [0.717, 1.165) is 6.07 Å². The lowest BCUT2D eigenvalue weighted by Crippen LogP contribution is -2.30. The lowest BCUT2D eigenvalue weighted by molar-refractivity contribution is -0.121. The molecular weight excluding hydrogens is 366 g/mol. The third-order valence-electron chi connectivity index (χ3n) is 3.80. The van der Waals surface area contributed by atoms with Crippen molar-refractivity contribution >= 4 is 28.4 Å². The molecule has 2 aromatic heterocycles. The second kappa shape index (κ2) is 7.17. The number of hydrogen-bond donors (Lipinski definition) is 2. The maximum absolute atomic E-state index is 13.9. The summed E-state index contributed by atoms with van der Waals surface area (Å²) in [5, 5.41) is 2.79. The number of fused-ring (bicyclic) bond motifs is 1. The summed E-state index contributed by atoms with van der Waals surface area (Å²) in [6.45, 7) is 1.69. The highest BCUT2D eigenvalue weighted by Crippen LogP contribution is 2.18. The third kappa shape index (κ3) is 3.70. The molecule has 26 heavy (non-hydrogen) atoms. The van der Waals surface area contributed by atoms with Crippen LogP contribution >= 0.6 is 11.6 Å². The Balaban J connectivity index is 1.80. The van der Waals surface area contributed by atoms with Crippen molar-refractivity contribution in [3.8, 4) is 0 Å². The number of hydrogen-bond acceptors (Lipinski definition) is 4. The first-order valence-electron chi connectivity index (χ1n) is 7.62. The SMILES string of the molecule is CC(NC(=O)Cc1cc2c(F)c(F)ccc2[nH]c1=O)c1cnc(Cl)cn1. The van der Waals surface area contributed by atoms with E-state index in [4.69, 9.17) is 11.6 Å². The largest absolute Gasteiger partial charge is 0.348 e. The van der Waals surface area contributed by atoms with Gasteiger partial charge in [-0.1, -0.05) is 11.6 Å². The van der Waals surface area contributed by atoms with Gasteiger partial charge in [0.05, 0.1) is 36.1 Å². The van der Waals surface area contributed by atoms with Crippen molar-refractivity contribution < 1.29 is 13.6 Å². The molecule has 0 bridgehead atoms. The van der Waals surface area contributed by atoms with Gasteiger partial charge in [-0.2, -0.15) is 0 Å². The smallest absolute Gasteiger partial charge is 0.252 e. The molecule has 3 rings (SSSR count). The minimum absolute atomic E-state index is 0.0221. The highest BCUT2D eigenvalue weighted by atomic mass is 35.5. The number of carbonyl (C=O) groups excluding carboxylic acids is 1. The monoisotopic (exact) mass is 378 g/mol. The zero-order chi connectivity index (χ0) is 18.8. The van der Waals surface area contributed by atoms with Crippen LogP contribution in [0.25, 0.3) is 10.9 Å². The average Bonchev–Trinajstić information content (AvgIpc) is 2.60. The average molecular weight is 379 g/mol. The maximum atomic E-state index is 13.9. The summed E-state index contributed by atoms with van der Waals surface area (Å²) in [5.74, 6) is -2.59. The number of benzene rings is 1. The van der Waals surface area contributed by atoms with Crippen LogP contribution in [0, 0.1) is 11.6 Å². The highest BCUT2D eigenvalue weighted by Gasteiger charge is 2.15. The molecule has 0 aliphatic rings. The van der Waals surface area contributed by atoms with Gasteiger partial charge in [-0.3, -0.25) is 14.6 Å². The molecule has 1 unspecified atom stereocenters. The van der Waals surface area contributed by atoms with Gasteiger partial charge in [-0.05, 0) is 25.1 Å². The topological polar surface area (TPSA) is 87.7 Å². The standard InChI is InChI=1S/C17H13ClF2N4O2/c1-8(13-6-22-14(18)7-21-13)23-15(25)5-9-4-10-12(24-17(9)26)3-2-11(19)16(10)20/h2-4,6-8H,5H2,1H3,(H,23,25)(H,24,26). The van der Waals surface area contributed by atoms with Gasteiger partial charge in [-0.15, -0.1) is 0 Å². The number of carbonyl (C=O) groups is 1. The molecule has 0 radical (unpaired) electrons. The summed E-state index contributed by atoms with van der Waals surface area (Å²) in [5.41, 5.74) is 0.123. The van der Waals surface area contributed by atoms with Crippen molar-refractivity contribution in [3.05, 3.63) is 69.0 Å². The molecule has 2 N–H and O–H groups in total. The Morgan fingerprint density at radius 1 is 1.31 bits per heavy atom. The van der Waals surface area contributed by atoms with Gasteiger partial charge in [0.1, 0.15) is 5.15 Å². The van der Waals surface area contributed by atoms with Crippen LogP contribution in [0.2, 0.25) is 5.15 Å². The fraction of sp³-hybridized carbons (Fsp3) is 0.176. The summed E-state index contributed by atoms with van der Waals surface area (Å²) in [6.07, 6.45) is 2.48. The summed E-state index contributed by atoms with van der Waals surface area (Å²) in [4.78, 5) is 34.6. The van der Waals surface area contributed by atoms with E-state index in [1.54, 1.807) is 6.92 Å². The Morgan fingerprint density at radius 3 is 2.77 bits per heavy atom. The number of pyridine rings is 1. The summed E-state index contributed by atoms with van der Waals surface area (Å²) in [7, 11) is 0. The number of aromatic amines is 1. The van der Waals surface area contributed by atoms with Crippen molar-refractivity contribution in [2.24, 2.45) is 0 Å². The Hall–Kier alpha value is -2.87. The Bertz CT molecular complexity index is 1040. The second-order valence-electron chi connectivity index (χ2n) is 5.68. The molecule has 0 spiro atoms. The van der Waals surface area contributed by atoms with Crippen LogP contribution in [0.3, 0.4) is 0 Å². The van der Waals surface area contributed by atoms with E-state index in [1.807, 2.05) is 0 Å². The quantitative estimate of drug-likeness (QED) is 0.730. The Morgan fingerprint density at radius 2 is 2.08 bits per heavy atom. The molecule has 0 aliphatic carbocycles. The molecule has 9 heteroatoms. The zero-order valence-electron chi connectivity index (χ0n) is 13.5. The van der Waals surface area contributed by atoms with Gasteiger partial charge in [0.25, 0.3) is 5.56 Å². The molecule has 134 valence electrons. The van der Waals surface area contributed by atoms with Crippen LogP contribution < -0.4 is 10.9 Å². The van der Waals surface area contributed by atoms with E-state index in [9.17, 15) is 18.4 Å². The van der Waals surface area contributed by atoms with Gasteiger partial charge in [-0.25, -0.2) is 13.8 Å². The zero-order valence-corrected chi connectivity index (χ0v) is 14.3. The van der Waals surface area contributed by atoms with E-state index in [2.05, 4.69) is 20.3 Å². The van der Waals surface area contributed by atoms with E-state index < -0.39 is 29.1 Å². The first-order valence-corrected chi connectivity index (χ1v) is 7.99. The third-order valence-corrected chi connectivity index (χ3v) is 4.00. The predicted molar refractivity (Wildman–Crippen MR) is 91.8 cm³/mol. The molecular formula is C17H13ClF2N4O2. The van der Waals surface area contributed by atoms with E-state index >= 15 is 0 Å². The molecule has 0 saturated carbocycles. The van der Waals surface area contributed by atoms with E-state index in [1.165, 1.54) is 24.5 Å². The van der Waals surface area contributed by atoms with Gasteiger partial charge < -0.3 is 10.3 Å². The second-order valence-corrected chi connectivity index (χ2v) is 6.06. The minimum atomic E-state index is -1.08. The van der Waals surface area contributed by atoms with E-state index in [0.29, 0.717) is 5.69 Å². The predicted octanol–water partition coefficient (Wildman–Crippen LogP) is 2.67. The van der Waals surface area contributed by atoms with Gasteiger partial charge in [0.2, 0.25) is 5.91 Å². The molecule has 3 aromatic rings. The summed E-state index contributed by atoms with van der Waals surface area (Å²) in [6, 6.07) is 2.90. The van der Waals surface area contributed by atoms with Gasteiger partial charge >= 0.3 is 0 Å². The van der Waals surface area contributed by atoms with Crippen molar-refractivity contribution in [2.75, 3.05) is 0 Å². The number of rotatable bonds is 4. The van der Waals surface area contributed by atoms with Crippen LogP contribution in [0.15, 0.2) is 35.4 Å². The molecule has 2 heterocycles. The van der Waals surface area contributed by atoms with Crippen LogP contribution in [0.4, 0.5) is 8.78 Å². The van der Waals surface area contributed by atoms with Crippen LogP contribution in [-0.4, -0.2) is 20.9 Å². The van der Waals surface area contributed by atoms with Gasteiger partial charge in [0, 0.05) is 10.9 Å². The Labute approximate surface area is 151 Å². The molecule has 1 atom stereocenters. The van der Waals surface area contributed by atoms with Crippen molar-refractivity contribution in [3.63, 3.8) is 0 Å². The molecule has 1 aromatic carbocycles. The number of aromatic nitrogens is 3. The number of nitrogens with zero attached hydrogens (tertiary/aromatic N) is 2. The van der Waals surface area contributed by atoms with Crippen molar-refractivity contribution in [2.45, 2.75) is 19.4 Å². The summed E-state index contributed by atoms with van der Waals surface area (Å²) >= 11 is 5.66.